The zero-order chi connectivity index (χ0) is 12.8. The van der Waals surface area contributed by atoms with Crippen molar-refractivity contribution < 1.29 is 4.21 Å². The molecule has 2 aromatic rings. The molecule has 92 valence electrons. The number of hydrogen-bond donors (Lipinski definition) is 0. The molecule has 0 fully saturated rings. The molecule has 5 heteroatoms. The monoisotopic (exact) mass is 259 g/mol. The van der Waals surface area contributed by atoms with Gasteiger partial charge in [-0.05, 0) is 34.9 Å². The van der Waals surface area contributed by atoms with Gasteiger partial charge in [0.05, 0.1) is 10.8 Å². The maximum absolute atomic E-state index is 12.0. The van der Waals surface area contributed by atoms with Crippen LogP contribution in [0.1, 0.15) is 6.42 Å². The number of nitrogens with zero attached hydrogens (tertiary/aromatic N) is 3. The third-order valence-electron chi connectivity index (χ3n) is 2.63. The molecule has 0 saturated carbocycles. The summed E-state index contributed by atoms with van der Waals surface area (Å²) < 4.78 is 12.0. The zero-order valence-corrected chi connectivity index (χ0v) is 10.6. The molecule has 0 amide bonds. The Morgan fingerprint density at radius 2 is 1.94 bits per heavy atom. The summed E-state index contributed by atoms with van der Waals surface area (Å²) >= 11 is 0. The topological polar surface area (TPSA) is 65.8 Å². The second-order valence-electron chi connectivity index (χ2n) is 3.87. The van der Waals surface area contributed by atoms with E-state index in [1.807, 2.05) is 42.5 Å². The number of rotatable bonds is 5. The van der Waals surface area contributed by atoms with Gasteiger partial charge in [-0.25, -0.2) is 0 Å². The Hall–Kier alpha value is -1.84. The first-order valence-corrected chi connectivity index (χ1v) is 7.01. The Morgan fingerprint density at radius 1 is 1.17 bits per heavy atom. The third-order valence-corrected chi connectivity index (χ3v) is 4.07. The summed E-state index contributed by atoms with van der Waals surface area (Å²) in [6.07, 6.45) is 0.642. The van der Waals surface area contributed by atoms with E-state index in [4.69, 9.17) is 5.53 Å². The van der Waals surface area contributed by atoms with Crippen molar-refractivity contribution in [3.63, 3.8) is 0 Å². The van der Waals surface area contributed by atoms with Crippen molar-refractivity contribution in [2.45, 2.75) is 11.3 Å². The lowest BCUT2D eigenvalue weighted by Crippen LogP contribution is -1.99. The summed E-state index contributed by atoms with van der Waals surface area (Å²) in [4.78, 5) is 3.50. The quantitative estimate of drug-likeness (QED) is 0.350. The number of azide groups is 1. The summed E-state index contributed by atoms with van der Waals surface area (Å²) in [6.45, 7) is 0.399. The molecular formula is C13H13N3OS. The summed E-state index contributed by atoms with van der Waals surface area (Å²) in [6, 6.07) is 13.8. The van der Waals surface area contributed by atoms with Crippen LogP contribution in [0.4, 0.5) is 0 Å². The summed E-state index contributed by atoms with van der Waals surface area (Å²) in [5.74, 6) is 0.525. The highest BCUT2D eigenvalue weighted by atomic mass is 32.2. The van der Waals surface area contributed by atoms with Gasteiger partial charge in [0, 0.05) is 22.1 Å². The van der Waals surface area contributed by atoms with E-state index in [1.165, 1.54) is 0 Å². The van der Waals surface area contributed by atoms with Crippen molar-refractivity contribution >= 4 is 21.6 Å². The maximum Gasteiger partial charge on any atom is 0.0529 e. The van der Waals surface area contributed by atoms with Gasteiger partial charge in [0.1, 0.15) is 0 Å². The second-order valence-corrected chi connectivity index (χ2v) is 5.44. The molecule has 0 spiro atoms. The maximum atomic E-state index is 12.0. The fourth-order valence-corrected chi connectivity index (χ4v) is 2.84. The molecule has 4 nitrogen and oxygen atoms in total. The SMILES string of the molecule is [N-]=[N+]=NCCCS(=O)c1ccc2ccccc2c1. The average Bonchev–Trinajstić information content (AvgIpc) is 2.43. The molecule has 0 N–H and O–H groups in total. The van der Waals surface area contributed by atoms with E-state index in [9.17, 15) is 4.21 Å². The zero-order valence-electron chi connectivity index (χ0n) is 9.82. The van der Waals surface area contributed by atoms with Crippen LogP contribution in [0, 0.1) is 0 Å². The molecule has 0 aromatic heterocycles. The number of hydrogen-bond acceptors (Lipinski definition) is 2. The Morgan fingerprint density at radius 3 is 2.72 bits per heavy atom. The predicted octanol–water partition coefficient (Wildman–Crippen LogP) is 3.65. The lowest BCUT2D eigenvalue weighted by atomic mass is 10.1. The minimum absolute atomic E-state index is 0.399. The van der Waals surface area contributed by atoms with E-state index >= 15 is 0 Å². The van der Waals surface area contributed by atoms with Crippen molar-refractivity contribution in [3.8, 4) is 0 Å². The van der Waals surface area contributed by atoms with E-state index < -0.39 is 10.8 Å². The molecule has 0 bridgehead atoms. The lowest BCUT2D eigenvalue weighted by Gasteiger charge is -2.03. The fourth-order valence-electron chi connectivity index (χ4n) is 1.74. The first-order valence-electron chi connectivity index (χ1n) is 5.69. The van der Waals surface area contributed by atoms with E-state index in [-0.39, 0.29) is 0 Å². The van der Waals surface area contributed by atoms with Gasteiger partial charge in [-0.3, -0.25) is 4.21 Å². The van der Waals surface area contributed by atoms with E-state index in [0.717, 1.165) is 15.7 Å². The van der Waals surface area contributed by atoms with Crippen LogP contribution in [-0.2, 0) is 10.8 Å². The Kier molecular flexibility index (Phi) is 4.34. The van der Waals surface area contributed by atoms with Gasteiger partial charge in [0.15, 0.2) is 0 Å². The minimum atomic E-state index is -1.03. The molecular weight excluding hydrogens is 246 g/mol. The van der Waals surface area contributed by atoms with Gasteiger partial charge in [-0.1, -0.05) is 35.4 Å². The minimum Gasteiger partial charge on any atom is -0.254 e. The van der Waals surface area contributed by atoms with Crippen LogP contribution >= 0.6 is 0 Å². The lowest BCUT2D eigenvalue weighted by molar-refractivity contribution is 0.680. The van der Waals surface area contributed by atoms with Gasteiger partial charge in [-0.2, -0.15) is 0 Å². The van der Waals surface area contributed by atoms with Crippen LogP contribution in [0.25, 0.3) is 21.2 Å². The highest BCUT2D eigenvalue weighted by Gasteiger charge is 2.04. The second kappa shape index (κ2) is 6.19. The van der Waals surface area contributed by atoms with Crippen molar-refractivity contribution in [1.82, 2.24) is 0 Å². The molecule has 0 aliphatic rings. The van der Waals surface area contributed by atoms with Gasteiger partial charge in [-0.15, -0.1) is 0 Å². The highest BCUT2D eigenvalue weighted by molar-refractivity contribution is 7.85. The predicted molar refractivity (Wildman–Crippen MR) is 73.9 cm³/mol. The normalized spacial score (nSPS) is 12.0. The van der Waals surface area contributed by atoms with Crippen molar-refractivity contribution in [2.24, 2.45) is 5.11 Å². The first-order chi connectivity index (χ1) is 8.81. The summed E-state index contributed by atoms with van der Waals surface area (Å²) in [5, 5.41) is 5.67. The first kappa shape index (κ1) is 12.6. The van der Waals surface area contributed by atoms with Gasteiger partial charge >= 0.3 is 0 Å². The molecule has 2 aromatic carbocycles. The molecule has 0 heterocycles. The standard InChI is InChI=1S/C13H13N3OS/c14-16-15-8-3-9-18(17)13-7-6-11-4-1-2-5-12(11)10-13/h1-2,4-7,10H,3,8-9H2. The van der Waals surface area contributed by atoms with Crippen LogP contribution in [0.2, 0.25) is 0 Å². The van der Waals surface area contributed by atoms with Gasteiger partial charge in [0.2, 0.25) is 0 Å². The van der Waals surface area contributed by atoms with Gasteiger partial charge in [0.25, 0.3) is 0 Å². The number of benzene rings is 2. The smallest absolute Gasteiger partial charge is 0.0529 e. The van der Waals surface area contributed by atoms with E-state index in [0.29, 0.717) is 18.7 Å². The summed E-state index contributed by atoms with van der Waals surface area (Å²) in [5.41, 5.74) is 8.15. The van der Waals surface area contributed by atoms with Crippen molar-refractivity contribution in [1.29, 1.82) is 0 Å². The van der Waals surface area contributed by atoms with Crippen LogP contribution in [0.5, 0.6) is 0 Å². The molecule has 1 unspecified atom stereocenters. The molecule has 0 aliphatic heterocycles. The van der Waals surface area contributed by atoms with Crippen LogP contribution in [0.3, 0.4) is 0 Å². The third kappa shape index (κ3) is 3.09. The Balaban J connectivity index is 2.10. The Bertz CT molecular complexity index is 620. The molecule has 0 aliphatic carbocycles. The molecule has 2 rings (SSSR count). The number of fused-ring (bicyclic) bond motifs is 1. The Labute approximate surface area is 108 Å². The highest BCUT2D eigenvalue weighted by Crippen LogP contribution is 2.18. The van der Waals surface area contributed by atoms with E-state index in [1.54, 1.807) is 0 Å². The molecule has 18 heavy (non-hydrogen) atoms. The molecule has 0 saturated heterocycles. The van der Waals surface area contributed by atoms with Crippen LogP contribution in [0.15, 0.2) is 52.5 Å². The molecule has 1 atom stereocenters. The largest absolute Gasteiger partial charge is 0.254 e. The van der Waals surface area contributed by atoms with Gasteiger partial charge < -0.3 is 0 Å². The van der Waals surface area contributed by atoms with Crippen LogP contribution in [-0.4, -0.2) is 16.5 Å². The van der Waals surface area contributed by atoms with Crippen LogP contribution < -0.4 is 0 Å². The molecule has 0 radical (unpaired) electrons. The van der Waals surface area contributed by atoms with E-state index in [2.05, 4.69) is 10.0 Å². The van der Waals surface area contributed by atoms with Crippen molar-refractivity contribution in [3.05, 3.63) is 52.9 Å². The fraction of sp³-hybridized carbons (Fsp3) is 0.231. The summed E-state index contributed by atoms with van der Waals surface area (Å²) in [7, 11) is -1.03. The average molecular weight is 259 g/mol. The van der Waals surface area contributed by atoms with Crippen molar-refractivity contribution in [2.75, 3.05) is 12.3 Å².